The second kappa shape index (κ2) is 15.2. The van der Waals surface area contributed by atoms with Crippen LogP contribution >= 0.6 is 0 Å². The van der Waals surface area contributed by atoms with Crippen molar-refractivity contribution in [3.63, 3.8) is 0 Å². The number of rotatable bonds is 12. The largest absolute Gasteiger partial charge is 0.492 e. The van der Waals surface area contributed by atoms with E-state index in [1.807, 2.05) is 76.3 Å². The standard InChI is InChI=1S/C19H25NO3.C5H10O2/c1-14(2)22-17-9-11-19(12-10-17)23-18-7-5-16(6-8-18)21-13-15(3)20-4;1-2-3-4-7-5-6/h5-12,14-15,20H,13H2,1-4H3;5H,2-4H2,1H3. The third kappa shape index (κ3) is 11.3. The van der Waals surface area contributed by atoms with Gasteiger partial charge in [0.2, 0.25) is 0 Å². The lowest BCUT2D eigenvalue weighted by molar-refractivity contribution is -0.128. The maximum absolute atomic E-state index is 9.46. The summed E-state index contributed by atoms with van der Waals surface area (Å²) in [5.41, 5.74) is 0. The first-order chi connectivity index (χ1) is 14.5. The Morgan fingerprint density at radius 2 is 1.43 bits per heavy atom. The molecule has 2 aromatic rings. The Labute approximate surface area is 180 Å². The van der Waals surface area contributed by atoms with Gasteiger partial charge in [-0.3, -0.25) is 4.79 Å². The lowest BCUT2D eigenvalue weighted by Gasteiger charge is -2.13. The highest BCUT2D eigenvalue weighted by Crippen LogP contribution is 2.26. The van der Waals surface area contributed by atoms with Gasteiger partial charge >= 0.3 is 0 Å². The summed E-state index contributed by atoms with van der Waals surface area (Å²) < 4.78 is 21.5. The highest BCUT2D eigenvalue weighted by Gasteiger charge is 2.03. The van der Waals surface area contributed by atoms with Crippen molar-refractivity contribution in [3.8, 4) is 23.0 Å². The van der Waals surface area contributed by atoms with E-state index in [2.05, 4.69) is 17.0 Å². The first kappa shape index (κ1) is 25.3. The molecule has 6 nitrogen and oxygen atoms in total. The van der Waals surface area contributed by atoms with Gasteiger partial charge in [-0.2, -0.15) is 0 Å². The Morgan fingerprint density at radius 1 is 0.900 bits per heavy atom. The molecular formula is C24H35NO5. The minimum atomic E-state index is 0.167. The van der Waals surface area contributed by atoms with E-state index in [9.17, 15) is 4.79 Å². The minimum Gasteiger partial charge on any atom is -0.492 e. The SMILES string of the molecule is CCCCOC=O.CNC(C)COc1ccc(Oc2ccc(OC(C)C)cc2)cc1. The van der Waals surface area contributed by atoms with Gasteiger partial charge in [-0.15, -0.1) is 0 Å². The van der Waals surface area contributed by atoms with Crippen LogP contribution in [0.25, 0.3) is 0 Å². The number of ether oxygens (including phenoxy) is 4. The Kier molecular flexibility index (Phi) is 12.8. The molecular weight excluding hydrogens is 382 g/mol. The monoisotopic (exact) mass is 417 g/mol. The summed E-state index contributed by atoms with van der Waals surface area (Å²) >= 11 is 0. The van der Waals surface area contributed by atoms with E-state index in [0.29, 0.717) is 25.7 Å². The molecule has 0 saturated heterocycles. The number of carbonyl (C=O) groups is 1. The predicted molar refractivity (Wildman–Crippen MR) is 120 cm³/mol. The van der Waals surface area contributed by atoms with Crippen LogP contribution in [0.2, 0.25) is 0 Å². The van der Waals surface area contributed by atoms with Gasteiger partial charge in [0.25, 0.3) is 6.47 Å². The Morgan fingerprint density at radius 3 is 1.90 bits per heavy atom. The summed E-state index contributed by atoms with van der Waals surface area (Å²) in [6, 6.07) is 15.6. The van der Waals surface area contributed by atoms with Crippen molar-refractivity contribution in [1.29, 1.82) is 0 Å². The average molecular weight is 418 g/mol. The summed E-state index contributed by atoms with van der Waals surface area (Å²) in [4.78, 5) is 9.46. The first-order valence-corrected chi connectivity index (χ1v) is 10.4. The van der Waals surface area contributed by atoms with Gasteiger partial charge in [0, 0.05) is 6.04 Å². The van der Waals surface area contributed by atoms with E-state index < -0.39 is 0 Å². The summed E-state index contributed by atoms with van der Waals surface area (Å²) in [6.07, 6.45) is 2.21. The van der Waals surface area contributed by atoms with Crippen LogP contribution in [-0.4, -0.2) is 38.9 Å². The fraction of sp³-hybridized carbons (Fsp3) is 0.458. The summed E-state index contributed by atoms with van der Waals surface area (Å²) in [6.45, 7) is 9.82. The number of unbranched alkanes of at least 4 members (excludes halogenated alkanes) is 1. The van der Waals surface area contributed by atoms with Gasteiger partial charge < -0.3 is 24.3 Å². The van der Waals surface area contributed by atoms with Crippen molar-refractivity contribution in [2.24, 2.45) is 0 Å². The highest BCUT2D eigenvalue weighted by atomic mass is 16.5. The molecule has 0 aliphatic heterocycles. The predicted octanol–water partition coefficient (Wildman–Crippen LogP) is 5.21. The van der Waals surface area contributed by atoms with Crippen LogP contribution in [0, 0.1) is 0 Å². The smallest absolute Gasteiger partial charge is 0.293 e. The summed E-state index contributed by atoms with van der Waals surface area (Å²) in [5.74, 6) is 3.23. The molecule has 30 heavy (non-hydrogen) atoms. The second-order valence-electron chi connectivity index (χ2n) is 7.03. The van der Waals surface area contributed by atoms with Crippen LogP contribution in [0.3, 0.4) is 0 Å². The van der Waals surface area contributed by atoms with Crippen molar-refractivity contribution in [1.82, 2.24) is 5.32 Å². The van der Waals surface area contributed by atoms with Crippen molar-refractivity contribution < 1.29 is 23.7 Å². The lowest BCUT2D eigenvalue weighted by atomic mass is 10.3. The number of benzene rings is 2. The molecule has 1 N–H and O–H groups in total. The van der Waals surface area contributed by atoms with Crippen LogP contribution in [-0.2, 0) is 9.53 Å². The average Bonchev–Trinajstić information content (AvgIpc) is 2.75. The van der Waals surface area contributed by atoms with Crippen LogP contribution in [0.15, 0.2) is 48.5 Å². The van der Waals surface area contributed by atoms with E-state index in [4.69, 9.17) is 14.2 Å². The molecule has 166 valence electrons. The van der Waals surface area contributed by atoms with Crippen molar-refractivity contribution in [2.45, 2.75) is 52.7 Å². The summed E-state index contributed by atoms with van der Waals surface area (Å²) in [7, 11) is 1.92. The molecule has 0 heterocycles. The van der Waals surface area contributed by atoms with Gasteiger partial charge in [0.05, 0.1) is 12.7 Å². The van der Waals surface area contributed by atoms with E-state index in [-0.39, 0.29) is 6.10 Å². The number of carbonyl (C=O) groups excluding carboxylic acids is 1. The molecule has 2 rings (SSSR count). The van der Waals surface area contributed by atoms with Gasteiger partial charge in [-0.25, -0.2) is 0 Å². The Hall–Kier alpha value is -2.73. The second-order valence-corrected chi connectivity index (χ2v) is 7.03. The zero-order valence-corrected chi connectivity index (χ0v) is 18.7. The maximum atomic E-state index is 9.46. The van der Waals surface area contributed by atoms with E-state index in [0.717, 1.165) is 35.8 Å². The third-order valence-corrected chi connectivity index (χ3v) is 3.93. The zero-order valence-electron chi connectivity index (χ0n) is 18.7. The molecule has 0 aromatic heterocycles. The molecule has 0 saturated carbocycles. The number of hydrogen-bond donors (Lipinski definition) is 1. The molecule has 1 unspecified atom stereocenters. The molecule has 0 aliphatic rings. The van der Waals surface area contributed by atoms with E-state index >= 15 is 0 Å². The fourth-order valence-electron chi connectivity index (χ4n) is 2.18. The number of hydrogen-bond acceptors (Lipinski definition) is 6. The molecule has 0 fully saturated rings. The van der Waals surface area contributed by atoms with Crippen molar-refractivity contribution >= 4 is 6.47 Å². The van der Waals surface area contributed by atoms with Crippen molar-refractivity contribution in [3.05, 3.63) is 48.5 Å². The van der Waals surface area contributed by atoms with Crippen molar-refractivity contribution in [2.75, 3.05) is 20.3 Å². The first-order valence-electron chi connectivity index (χ1n) is 10.4. The normalized spacial score (nSPS) is 11.1. The Balaban J connectivity index is 0.000000553. The summed E-state index contributed by atoms with van der Waals surface area (Å²) in [5, 5.41) is 3.14. The number of nitrogens with one attached hydrogen (secondary N) is 1. The van der Waals surface area contributed by atoms with Gasteiger partial charge in [0.15, 0.2) is 0 Å². The van der Waals surface area contributed by atoms with E-state index in [1.54, 1.807) is 0 Å². The molecule has 0 radical (unpaired) electrons. The molecule has 2 aromatic carbocycles. The van der Waals surface area contributed by atoms with Crippen LogP contribution in [0.1, 0.15) is 40.5 Å². The Bertz CT molecular complexity index is 686. The van der Waals surface area contributed by atoms with Crippen LogP contribution in [0.5, 0.6) is 23.0 Å². The fourth-order valence-corrected chi connectivity index (χ4v) is 2.18. The van der Waals surface area contributed by atoms with Gasteiger partial charge in [-0.1, -0.05) is 13.3 Å². The van der Waals surface area contributed by atoms with Crippen LogP contribution in [0.4, 0.5) is 0 Å². The third-order valence-electron chi connectivity index (χ3n) is 3.93. The minimum absolute atomic E-state index is 0.167. The molecule has 0 spiro atoms. The van der Waals surface area contributed by atoms with Crippen LogP contribution < -0.4 is 19.5 Å². The highest BCUT2D eigenvalue weighted by molar-refractivity contribution is 5.37. The maximum Gasteiger partial charge on any atom is 0.293 e. The van der Waals surface area contributed by atoms with Gasteiger partial charge in [-0.05, 0) is 82.8 Å². The zero-order chi connectivity index (χ0) is 22.2. The molecule has 0 bridgehead atoms. The molecule has 0 aliphatic carbocycles. The van der Waals surface area contributed by atoms with Gasteiger partial charge in [0.1, 0.15) is 29.6 Å². The van der Waals surface area contributed by atoms with E-state index in [1.165, 1.54) is 0 Å². The quantitative estimate of drug-likeness (QED) is 0.378. The molecule has 0 amide bonds. The molecule has 1 atom stereocenters. The lowest BCUT2D eigenvalue weighted by Crippen LogP contribution is -2.28. The topological polar surface area (TPSA) is 66.0 Å². The number of likely N-dealkylation sites (N-methyl/N-ethyl adjacent to an activating group) is 1. The molecule has 6 heteroatoms.